The van der Waals surface area contributed by atoms with E-state index in [-0.39, 0.29) is 5.41 Å². The summed E-state index contributed by atoms with van der Waals surface area (Å²) in [6.45, 7) is 6.68. The van der Waals surface area contributed by atoms with Crippen LogP contribution >= 0.6 is 0 Å². The average molecular weight is 176 g/mol. The molecule has 1 heteroatoms. The van der Waals surface area contributed by atoms with E-state index in [9.17, 15) is 0 Å². The summed E-state index contributed by atoms with van der Waals surface area (Å²) >= 11 is 0. The largest absolute Gasteiger partial charge is 0.377 e. The molecule has 1 radical (unpaired) electrons. The minimum Gasteiger partial charge on any atom is -0.377 e. The number of benzene rings is 1. The Morgan fingerprint density at radius 2 is 1.85 bits per heavy atom. The molecule has 1 aromatic rings. The summed E-state index contributed by atoms with van der Waals surface area (Å²) in [5, 5.41) is 0. The summed E-state index contributed by atoms with van der Waals surface area (Å²) in [5.41, 5.74) is 2.73. The lowest BCUT2D eigenvalue weighted by atomic mass is 9.85. The first kappa shape index (κ1) is 10.1. The third kappa shape index (κ3) is 2.24. The highest BCUT2D eigenvalue weighted by Gasteiger charge is 2.17. The number of anilines is 1. The molecule has 0 saturated carbocycles. The molecular formula is C12H18N. The topological polar surface area (TPSA) is 3.24 Å². The molecule has 0 spiro atoms. The molecule has 0 aromatic heterocycles. The maximum atomic E-state index is 3.27. The number of hydrogen-bond acceptors (Lipinski definition) is 1. The standard InChI is InChI=1S/C12H18N/c1-12(2,3)10-8-6-7-9-11(10)13(4)5/h6-8H,1-5H3. The van der Waals surface area contributed by atoms with E-state index in [2.05, 4.69) is 51.9 Å². The molecule has 0 aliphatic carbocycles. The molecule has 1 aromatic carbocycles. The zero-order valence-corrected chi connectivity index (χ0v) is 9.18. The van der Waals surface area contributed by atoms with Gasteiger partial charge in [-0.3, -0.25) is 0 Å². The van der Waals surface area contributed by atoms with Crippen LogP contribution in [0.1, 0.15) is 26.3 Å². The molecule has 0 unspecified atom stereocenters. The van der Waals surface area contributed by atoms with E-state index < -0.39 is 0 Å². The van der Waals surface area contributed by atoms with Crippen LogP contribution in [0.5, 0.6) is 0 Å². The van der Waals surface area contributed by atoms with Crippen LogP contribution in [0, 0.1) is 6.07 Å². The predicted octanol–water partition coefficient (Wildman–Crippen LogP) is 2.85. The van der Waals surface area contributed by atoms with Crippen LogP contribution in [0.4, 0.5) is 5.69 Å². The van der Waals surface area contributed by atoms with Gasteiger partial charge >= 0.3 is 0 Å². The normalized spacial score (nSPS) is 11.5. The van der Waals surface area contributed by atoms with Crippen molar-refractivity contribution in [2.75, 3.05) is 19.0 Å². The SMILES string of the molecule is CN(C)c1[c]cccc1C(C)(C)C. The van der Waals surface area contributed by atoms with E-state index in [1.807, 2.05) is 12.1 Å². The van der Waals surface area contributed by atoms with Gasteiger partial charge in [-0.05, 0) is 11.0 Å². The molecule has 0 atom stereocenters. The lowest BCUT2D eigenvalue weighted by Gasteiger charge is -2.26. The van der Waals surface area contributed by atoms with Crippen LogP contribution in [-0.4, -0.2) is 14.1 Å². The van der Waals surface area contributed by atoms with E-state index in [4.69, 9.17) is 0 Å². The summed E-state index contributed by atoms with van der Waals surface area (Å²) < 4.78 is 0. The third-order valence-electron chi connectivity index (χ3n) is 2.09. The maximum absolute atomic E-state index is 3.27. The van der Waals surface area contributed by atoms with Gasteiger partial charge < -0.3 is 4.90 Å². The average Bonchev–Trinajstić information content (AvgIpc) is 2.03. The Kier molecular flexibility index (Phi) is 2.65. The summed E-state index contributed by atoms with van der Waals surface area (Å²) in [6.07, 6.45) is 0. The van der Waals surface area contributed by atoms with E-state index >= 15 is 0 Å². The zero-order valence-electron chi connectivity index (χ0n) is 9.18. The predicted molar refractivity (Wildman–Crippen MR) is 58.3 cm³/mol. The van der Waals surface area contributed by atoms with Crippen molar-refractivity contribution >= 4 is 5.69 Å². The van der Waals surface area contributed by atoms with E-state index in [1.165, 1.54) is 11.3 Å². The Morgan fingerprint density at radius 1 is 1.23 bits per heavy atom. The fraction of sp³-hybridized carbons (Fsp3) is 0.500. The minimum atomic E-state index is 0.192. The first-order chi connectivity index (χ1) is 5.93. The summed E-state index contributed by atoms with van der Waals surface area (Å²) in [4.78, 5) is 2.11. The van der Waals surface area contributed by atoms with E-state index in [0.29, 0.717) is 0 Å². The van der Waals surface area contributed by atoms with Crippen molar-refractivity contribution in [3.05, 3.63) is 29.8 Å². The Bertz CT molecular complexity index is 281. The molecule has 0 heterocycles. The molecule has 0 aliphatic rings. The monoisotopic (exact) mass is 176 g/mol. The van der Waals surface area contributed by atoms with Crippen molar-refractivity contribution in [3.8, 4) is 0 Å². The molecule has 13 heavy (non-hydrogen) atoms. The van der Waals surface area contributed by atoms with Gasteiger partial charge in [0.15, 0.2) is 0 Å². The number of para-hydroxylation sites is 1. The van der Waals surface area contributed by atoms with Crippen molar-refractivity contribution in [2.45, 2.75) is 26.2 Å². The Labute approximate surface area is 81.4 Å². The lowest BCUT2D eigenvalue weighted by molar-refractivity contribution is 0.589. The highest BCUT2D eigenvalue weighted by Crippen LogP contribution is 2.30. The van der Waals surface area contributed by atoms with Crippen molar-refractivity contribution in [1.29, 1.82) is 0 Å². The third-order valence-corrected chi connectivity index (χ3v) is 2.09. The molecule has 0 N–H and O–H groups in total. The second kappa shape index (κ2) is 3.41. The first-order valence-electron chi connectivity index (χ1n) is 4.61. The van der Waals surface area contributed by atoms with Gasteiger partial charge in [0, 0.05) is 25.8 Å². The maximum Gasteiger partial charge on any atom is 0.0479 e. The number of rotatable bonds is 1. The first-order valence-corrected chi connectivity index (χ1v) is 4.61. The Morgan fingerprint density at radius 3 is 2.23 bits per heavy atom. The molecule has 0 amide bonds. The molecule has 1 rings (SSSR count). The molecule has 1 nitrogen and oxygen atoms in total. The van der Waals surface area contributed by atoms with Gasteiger partial charge in [0.1, 0.15) is 0 Å². The van der Waals surface area contributed by atoms with Gasteiger partial charge in [-0.15, -0.1) is 0 Å². The summed E-state index contributed by atoms with van der Waals surface area (Å²) in [7, 11) is 4.11. The summed E-state index contributed by atoms with van der Waals surface area (Å²) in [6, 6.07) is 9.45. The van der Waals surface area contributed by atoms with Gasteiger partial charge in [0.2, 0.25) is 0 Å². The Balaban J connectivity index is 3.20. The Hall–Kier alpha value is -0.980. The van der Waals surface area contributed by atoms with Crippen LogP contribution in [0.25, 0.3) is 0 Å². The zero-order chi connectivity index (χ0) is 10.1. The van der Waals surface area contributed by atoms with Gasteiger partial charge in [0.05, 0.1) is 0 Å². The van der Waals surface area contributed by atoms with E-state index in [1.54, 1.807) is 0 Å². The van der Waals surface area contributed by atoms with Gasteiger partial charge in [-0.2, -0.15) is 0 Å². The van der Waals surface area contributed by atoms with Crippen molar-refractivity contribution in [1.82, 2.24) is 0 Å². The van der Waals surface area contributed by atoms with Crippen LogP contribution in [0.3, 0.4) is 0 Å². The summed E-state index contributed by atoms with van der Waals surface area (Å²) in [5.74, 6) is 0. The fourth-order valence-electron chi connectivity index (χ4n) is 1.40. The fourth-order valence-corrected chi connectivity index (χ4v) is 1.40. The molecular weight excluding hydrogens is 158 g/mol. The van der Waals surface area contributed by atoms with Crippen LogP contribution < -0.4 is 4.90 Å². The van der Waals surface area contributed by atoms with Crippen LogP contribution in [-0.2, 0) is 5.41 Å². The second-order valence-electron chi connectivity index (χ2n) is 4.58. The number of nitrogens with zero attached hydrogens (tertiary/aromatic N) is 1. The van der Waals surface area contributed by atoms with Gasteiger partial charge in [0.25, 0.3) is 0 Å². The molecule has 71 valence electrons. The highest BCUT2D eigenvalue weighted by atomic mass is 15.1. The van der Waals surface area contributed by atoms with Crippen molar-refractivity contribution in [2.24, 2.45) is 0 Å². The van der Waals surface area contributed by atoms with Crippen molar-refractivity contribution in [3.63, 3.8) is 0 Å². The van der Waals surface area contributed by atoms with E-state index in [0.717, 1.165) is 0 Å². The van der Waals surface area contributed by atoms with Crippen LogP contribution in [0.15, 0.2) is 18.2 Å². The van der Waals surface area contributed by atoms with Gasteiger partial charge in [-0.25, -0.2) is 0 Å². The molecule has 0 saturated heterocycles. The van der Waals surface area contributed by atoms with Crippen LogP contribution in [0.2, 0.25) is 0 Å². The smallest absolute Gasteiger partial charge is 0.0479 e. The number of hydrogen-bond donors (Lipinski definition) is 0. The lowest BCUT2D eigenvalue weighted by Crippen LogP contribution is -2.19. The molecule has 0 fully saturated rings. The quantitative estimate of drug-likeness (QED) is 0.636. The van der Waals surface area contributed by atoms with Gasteiger partial charge in [-0.1, -0.05) is 39.0 Å². The molecule has 0 aliphatic heterocycles. The molecule has 0 bridgehead atoms. The minimum absolute atomic E-state index is 0.192. The highest BCUT2D eigenvalue weighted by molar-refractivity contribution is 5.54. The second-order valence-corrected chi connectivity index (χ2v) is 4.58. The van der Waals surface area contributed by atoms with Crippen molar-refractivity contribution < 1.29 is 0 Å².